The zero-order valence-electron chi connectivity index (χ0n) is 17.1. The highest BCUT2D eigenvalue weighted by Crippen LogP contribution is 2.22. The van der Waals surface area contributed by atoms with Gasteiger partial charge in [0.1, 0.15) is 5.82 Å². The van der Waals surface area contributed by atoms with E-state index < -0.39 is 0 Å². The molecule has 2 aromatic carbocycles. The van der Waals surface area contributed by atoms with Gasteiger partial charge in [-0.1, -0.05) is 24.3 Å². The average molecular weight is 389 g/mol. The molecule has 0 bridgehead atoms. The van der Waals surface area contributed by atoms with Gasteiger partial charge in [0.05, 0.1) is 11.0 Å². The Hall–Kier alpha value is -2.66. The SMILES string of the molecule is Cn1c(Cc2ccc(C(=O)N3CCC(N4CCCC4)C3)cc2)nc2ccccc21. The molecule has 3 aromatic rings. The van der Waals surface area contributed by atoms with E-state index in [1.165, 1.54) is 31.5 Å². The molecule has 0 aliphatic carbocycles. The number of hydrogen-bond acceptors (Lipinski definition) is 3. The van der Waals surface area contributed by atoms with E-state index in [9.17, 15) is 4.79 Å². The first-order valence-corrected chi connectivity index (χ1v) is 10.7. The topological polar surface area (TPSA) is 41.4 Å². The lowest BCUT2D eigenvalue weighted by atomic mass is 10.1. The van der Waals surface area contributed by atoms with Crippen LogP contribution in [0.1, 0.15) is 41.0 Å². The normalized spacial score (nSPS) is 20.0. The number of likely N-dealkylation sites (tertiary alicyclic amines) is 2. The van der Waals surface area contributed by atoms with Gasteiger partial charge in [-0.25, -0.2) is 4.98 Å². The maximum absolute atomic E-state index is 12.9. The van der Waals surface area contributed by atoms with Crippen LogP contribution in [0, 0.1) is 0 Å². The summed E-state index contributed by atoms with van der Waals surface area (Å²) in [6.45, 7) is 4.15. The highest BCUT2D eigenvalue weighted by atomic mass is 16.2. The van der Waals surface area contributed by atoms with Crippen LogP contribution in [0.25, 0.3) is 11.0 Å². The number of aromatic nitrogens is 2. The van der Waals surface area contributed by atoms with Crippen molar-refractivity contribution in [2.45, 2.75) is 31.7 Å². The maximum atomic E-state index is 12.9. The summed E-state index contributed by atoms with van der Waals surface area (Å²) in [5.74, 6) is 1.21. The minimum absolute atomic E-state index is 0.168. The Morgan fingerprint density at radius 1 is 1.03 bits per heavy atom. The van der Waals surface area contributed by atoms with Crippen molar-refractivity contribution in [1.82, 2.24) is 19.4 Å². The Morgan fingerprint density at radius 3 is 2.55 bits per heavy atom. The van der Waals surface area contributed by atoms with Crippen LogP contribution in [0.5, 0.6) is 0 Å². The monoisotopic (exact) mass is 388 g/mol. The summed E-state index contributed by atoms with van der Waals surface area (Å²) in [4.78, 5) is 22.3. The predicted octanol–water partition coefficient (Wildman–Crippen LogP) is 3.47. The third-order valence-electron chi connectivity index (χ3n) is 6.55. The van der Waals surface area contributed by atoms with Crippen LogP contribution in [-0.4, -0.2) is 57.5 Å². The minimum Gasteiger partial charge on any atom is -0.337 e. The van der Waals surface area contributed by atoms with Crippen molar-refractivity contribution in [2.75, 3.05) is 26.2 Å². The number of benzene rings is 2. The molecule has 2 fully saturated rings. The first-order valence-electron chi connectivity index (χ1n) is 10.7. The molecule has 1 atom stereocenters. The van der Waals surface area contributed by atoms with E-state index in [0.29, 0.717) is 6.04 Å². The molecule has 0 saturated carbocycles. The second-order valence-corrected chi connectivity index (χ2v) is 8.39. The zero-order valence-corrected chi connectivity index (χ0v) is 17.1. The third-order valence-corrected chi connectivity index (χ3v) is 6.55. The molecule has 2 aliphatic rings. The summed E-state index contributed by atoms with van der Waals surface area (Å²) < 4.78 is 2.15. The maximum Gasteiger partial charge on any atom is 0.253 e. The lowest BCUT2D eigenvalue weighted by Gasteiger charge is -2.23. The van der Waals surface area contributed by atoms with Crippen molar-refractivity contribution >= 4 is 16.9 Å². The van der Waals surface area contributed by atoms with Gasteiger partial charge < -0.3 is 9.47 Å². The Morgan fingerprint density at radius 2 is 1.79 bits per heavy atom. The summed E-state index contributed by atoms with van der Waals surface area (Å²) in [5.41, 5.74) is 4.14. The number of imidazole rings is 1. The van der Waals surface area contributed by atoms with Crippen LogP contribution in [0.15, 0.2) is 48.5 Å². The van der Waals surface area contributed by atoms with E-state index >= 15 is 0 Å². The predicted molar refractivity (Wildman–Crippen MR) is 115 cm³/mol. The molecule has 150 valence electrons. The molecule has 5 rings (SSSR count). The van der Waals surface area contributed by atoms with Crippen LogP contribution in [-0.2, 0) is 13.5 Å². The van der Waals surface area contributed by atoms with E-state index in [1.807, 2.05) is 35.2 Å². The van der Waals surface area contributed by atoms with Crippen molar-refractivity contribution in [3.8, 4) is 0 Å². The molecule has 5 nitrogen and oxygen atoms in total. The van der Waals surface area contributed by atoms with Gasteiger partial charge in [0.2, 0.25) is 0 Å². The number of para-hydroxylation sites is 2. The fraction of sp³-hybridized carbons (Fsp3) is 0.417. The van der Waals surface area contributed by atoms with Crippen LogP contribution < -0.4 is 0 Å². The van der Waals surface area contributed by atoms with Gasteiger partial charge in [-0.2, -0.15) is 0 Å². The van der Waals surface area contributed by atoms with Crippen molar-refractivity contribution < 1.29 is 4.79 Å². The molecule has 3 heterocycles. The van der Waals surface area contributed by atoms with Crippen molar-refractivity contribution in [3.05, 3.63) is 65.5 Å². The molecule has 29 heavy (non-hydrogen) atoms. The van der Waals surface area contributed by atoms with Gasteiger partial charge >= 0.3 is 0 Å². The lowest BCUT2D eigenvalue weighted by Crippen LogP contribution is -2.37. The molecule has 1 unspecified atom stereocenters. The Bertz CT molecular complexity index is 1020. The number of carbonyl (C=O) groups is 1. The number of hydrogen-bond donors (Lipinski definition) is 0. The van der Waals surface area contributed by atoms with E-state index in [1.54, 1.807) is 0 Å². The largest absolute Gasteiger partial charge is 0.337 e. The number of rotatable bonds is 4. The summed E-state index contributed by atoms with van der Waals surface area (Å²) in [6, 6.07) is 16.9. The second kappa shape index (κ2) is 7.64. The van der Waals surface area contributed by atoms with E-state index in [2.05, 4.69) is 34.7 Å². The molecule has 2 saturated heterocycles. The summed E-state index contributed by atoms with van der Waals surface area (Å²) >= 11 is 0. The van der Waals surface area contributed by atoms with Gasteiger partial charge in [-0.15, -0.1) is 0 Å². The molecular weight excluding hydrogens is 360 g/mol. The highest BCUT2D eigenvalue weighted by molar-refractivity contribution is 5.94. The van der Waals surface area contributed by atoms with E-state index in [-0.39, 0.29) is 5.91 Å². The number of aryl methyl sites for hydroxylation is 1. The van der Waals surface area contributed by atoms with Crippen LogP contribution >= 0.6 is 0 Å². The van der Waals surface area contributed by atoms with Gasteiger partial charge in [-0.3, -0.25) is 9.69 Å². The van der Waals surface area contributed by atoms with Crippen LogP contribution in [0.3, 0.4) is 0 Å². The minimum atomic E-state index is 0.168. The molecule has 2 aliphatic heterocycles. The molecule has 1 aromatic heterocycles. The van der Waals surface area contributed by atoms with E-state index in [4.69, 9.17) is 4.98 Å². The number of amides is 1. The first-order chi connectivity index (χ1) is 14.2. The molecular formula is C24H28N4O. The fourth-order valence-corrected chi connectivity index (χ4v) is 4.81. The average Bonchev–Trinajstić information content (AvgIpc) is 3.49. The summed E-state index contributed by atoms with van der Waals surface area (Å²) in [5, 5.41) is 0. The molecule has 1 amide bonds. The third kappa shape index (κ3) is 3.55. The summed E-state index contributed by atoms with van der Waals surface area (Å²) in [7, 11) is 2.06. The van der Waals surface area contributed by atoms with Crippen molar-refractivity contribution in [2.24, 2.45) is 7.05 Å². The zero-order chi connectivity index (χ0) is 19.8. The van der Waals surface area contributed by atoms with Crippen molar-refractivity contribution in [1.29, 1.82) is 0 Å². The van der Waals surface area contributed by atoms with Gasteiger partial charge in [-0.05, 0) is 62.2 Å². The highest BCUT2D eigenvalue weighted by Gasteiger charge is 2.31. The van der Waals surface area contributed by atoms with Gasteiger partial charge in [0.25, 0.3) is 5.91 Å². The van der Waals surface area contributed by atoms with Crippen LogP contribution in [0.4, 0.5) is 0 Å². The Labute approximate surface area is 171 Å². The fourth-order valence-electron chi connectivity index (χ4n) is 4.81. The van der Waals surface area contributed by atoms with Crippen LogP contribution in [0.2, 0.25) is 0 Å². The van der Waals surface area contributed by atoms with Gasteiger partial charge in [0.15, 0.2) is 0 Å². The first kappa shape index (κ1) is 18.4. The number of nitrogens with zero attached hydrogens (tertiary/aromatic N) is 4. The standard InChI is InChI=1S/C24H28N4O/c1-26-22-7-3-2-6-21(22)25-23(26)16-18-8-10-19(11-9-18)24(29)28-15-12-20(17-28)27-13-4-5-14-27/h2-3,6-11,20H,4-5,12-17H2,1H3. The quantitative estimate of drug-likeness (QED) is 0.687. The number of fused-ring (bicyclic) bond motifs is 1. The molecule has 0 N–H and O–H groups in total. The molecule has 0 spiro atoms. The van der Waals surface area contributed by atoms with Crippen molar-refractivity contribution in [3.63, 3.8) is 0 Å². The Balaban J connectivity index is 1.26. The second-order valence-electron chi connectivity index (χ2n) is 8.39. The Kier molecular flexibility index (Phi) is 4.84. The van der Waals surface area contributed by atoms with Gasteiger partial charge in [0, 0.05) is 38.2 Å². The van der Waals surface area contributed by atoms with E-state index in [0.717, 1.165) is 48.4 Å². The summed E-state index contributed by atoms with van der Waals surface area (Å²) in [6.07, 6.45) is 4.48. The molecule has 0 radical (unpaired) electrons. The smallest absolute Gasteiger partial charge is 0.253 e. The lowest BCUT2D eigenvalue weighted by molar-refractivity contribution is 0.0780. The molecule has 5 heteroatoms. The number of carbonyl (C=O) groups excluding carboxylic acids is 1.